The Morgan fingerprint density at radius 1 is 0.405 bits per heavy atom. The minimum atomic E-state index is -0.965. The fraction of sp³-hybridized carbons (Fsp3) is 0.101. The fourth-order valence-electron chi connectivity index (χ4n) is 12.0. The van der Waals surface area contributed by atoms with Gasteiger partial charge in [0.25, 0.3) is 0 Å². The summed E-state index contributed by atoms with van der Waals surface area (Å²) in [5, 5.41) is 13.1. The van der Waals surface area contributed by atoms with Crippen LogP contribution < -0.4 is 0 Å². The Hall–Kier alpha value is -10.2. The molecule has 0 saturated carbocycles. The average molecular weight is 1090 g/mol. The largest absolute Gasteiger partial charge is 0.507 e. The highest BCUT2D eigenvalue weighted by molar-refractivity contribution is 6.01. The summed E-state index contributed by atoms with van der Waals surface area (Å²) in [5.41, 5.74) is 23.7. The molecule has 0 bridgehead atoms. The van der Waals surface area contributed by atoms with Crippen molar-refractivity contribution in [1.29, 1.82) is 0 Å². The van der Waals surface area contributed by atoms with Crippen LogP contribution in [-0.4, -0.2) is 24.6 Å². The van der Waals surface area contributed by atoms with Crippen LogP contribution in [0, 0.1) is 13.8 Å². The maximum absolute atomic E-state index is 13.1. The van der Waals surface area contributed by atoms with Gasteiger partial charge in [-0.1, -0.05) is 228 Å². The number of aromatic hydroxyl groups is 1. The molecule has 10 aromatic carbocycles. The van der Waals surface area contributed by atoms with Crippen molar-refractivity contribution in [3.8, 4) is 112 Å². The summed E-state index contributed by atoms with van der Waals surface area (Å²) < 4.78 is 11.8. The Labute approximate surface area is 494 Å². The van der Waals surface area contributed by atoms with Crippen LogP contribution in [0.5, 0.6) is 5.75 Å². The summed E-state index contributed by atoms with van der Waals surface area (Å²) in [6.07, 6.45) is 1.88. The fourth-order valence-corrected chi connectivity index (χ4v) is 12.0. The first-order valence-corrected chi connectivity index (χ1v) is 28.8. The Bertz CT molecular complexity index is 4520. The standard InChI is InChI=1S/C79H64N4O/c1-51(2)60-45-62(47-63(46-60)73-50-59(41-42-80-73)55-37-39-64(40-38-55)79(5,6)65-43-52(3)81-53(4)44-65)67-33-22-36-74-75(67)82-78(70-35-21-34-69(77(70)84)68-32-20-19-31-66(68)56-25-13-8-14-26-56)83(74)76-71(57-27-15-9-16-28-57)48-61(54-23-11-7-12-24-54)49-72(76)58-29-17-10-18-30-58/h7-51,84H,1-6H3/i51D. The maximum Gasteiger partial charge on any atom is 0.149 e. The van der Waals surface area contributed by atoms with E-state index in [-0.39, 0.29) is 11.2 Å². The molecule has 0 unspecified atom stereocenters. The zero-order chi connectivity index (χ0) is 58.4. The highest BCUT2D eigenvalue weighted by Crippen LogP contribution is 2.48. The number of imidazole rings is 1. The van der Waals surface area contributed by atoms with Crippen molar-refractivity contribution in [2.45, 2.75) is 52.9 Å². The van der Waals surface area contributed by atoms with Crippen LogP contribution in [0.25, 0.3) is 117 Å². The van der Waals surface area contributed by atoms with Gasteiger partial charge in [-0.05, 0) is 153 Å². The summed E-state index contributed by atoms with van der Waals surface area (Å²) in [7, 11) is 0. The van der Waals surface area contributed by atoms with E-state index in [1.54, 1.807) is 0 Å². The number of fused-ring (bicyclic) bond motifs is 1. The molecule has 0 atom stereocenters. The number of nitrogens with zero attached hydrogens (tertiary/aromatic N) is 4. The molecular weight excluding hydrogens is 1020 g/mol. The monoisotopic (exact) mass is 1090 g/mol. The van der Waals surface area contributed by atoms with Gasteiger partial charge in [0, 0.05) is 52.2 Å². The third-order valence-corrected chi connectivity index (χ3v) is 16.5. The van der Waals surface area contributed by atoms with Crippen LogP contribution in [-0.2, 0) is 5.41 Å². The molecule has 0 spiro atoms. The number of aryl methyl sites for hydroxylation is 2. The van der Waals surface area contributed by atoms with Gasteiger partial charge in [-0.3, -0.25) is 14.5 Å². The van der Waals surface area contributed by atoms with E-state index in [1.807, 2.05) is 68.6 Å². The summed E-state index contributed by atoms with van der Waals surface area (Å²) in [4.78, 5) is 15.5. The number of aromatic nitrogens is 4. The summed E-state index contributed by atoms with van der Waals surface area (Å²) >= 11 is 0. The zero-order valence-electron chi connectivity index (χ0n) is 49.1. The van der Waals surface area contributed by atoms with E-state index in [1.165, 1.54) is 11.1 Å². The molecule has 0 aliphatic carbocycles. The zero-order valence-corrected chi connectivity index (χ0v) is 48.1. The molecule has 0 aliphatic heterocycles. The lowest BCUT2D eigenvalue weighted by Gasteiger charge is -2.27. The van der Waals surface area contributed by atoms with Crippen LogP contribution >= 0.6 is 0 Å². The summed E-state index contributed by atoms with van der Waals surface area (Å²) in [6, 6.07) is 91.2. The smallest absolute Gasteiger partial charge is 0.149 e. The molecule has 84 heavy (non-hydrogen) atoms. The topological polar surface area (TPSA) is 63.8 Å². The minimum Gasteiger partial charge on any atom is -0.507 e. The summed E-state index contributed by atoms with van der Waals surface area (Å²) in [5.74, 6) is -0.267. The Morgan fingerprint density at radius 2 is 0.917 bits per heavy atom. The predicted molar refractivity (Wildman–Crippen MR) is 349 cm³/mol. The molecule has 3 aromatic heterocycles. The molecule has 0 radical (unpaired) electrons. The van der Waals surface area contributed by atoms with Crippen molar-refractivity contribution in [2.75, 3.05) is 0 Å². The number of hydrogen-bond donors (Lipinski definition) is 1. The normalized spacial score (nSPS) is 11.9. The molecule has 0 saturated heterocycles. The molecule has 13 rings (SSSR count). The third kappa shape index (κ3) is 10.1. The second-order valence-electron chi connectivity index (χ2n) is 22.6. The van der Waals surface area contributed by atoms with Gasteiger partial charge in [-0.2, -0.15) is 0 Å². The van der Waals surface area contributed by atoms with E-state index in [9.17, 15) is 6.48 Å². The lowest BCUT2D eigenvalue weighted by atomic mass is 9.77. The predicted octanol–water partition coefficient (Wildman–Crippen LogP) is 20.6. The van der Waals surface area contributed by atoms with Crippen LogP contribution in [0.4, 0.5) is 0 Å². The summed E-state index contributed by atoms with van der Waals surface area (Å²) in [6.45, 7) is 12.5. The average Bonchev–Trinajstić information content (AvgIpc) is 2.51. The molecule has 1 N–H and O–H groups in total. The molecule has 0 aliphatic rings. The van der Waals surface area contributed by atoms with Gasteiger partial charge in [0.1, 0.15) is 11.6 Å². The van der Waals surface area contributed by atoms with E-state index in [0.717, 1.165) is 117 Å². The number of benzene rings is 10. The highest BCUT2D eigenvalue weighted by Gasteiger charge is 2.28. The molecular formula is C79H64N4O. The molecule has 406 valence electrons. The van der Waals surface area contributed by atoms with E-state index >= 15 is 0 Å². The van der Waals surface area contributed by atoms with Crippen molar-refractivity contribution in [2.24, 2.45) is 0 Å². The second kappa shape index (κ2) is 22.3. The van der Waals surface area contributed by atoms with Crippen molar-refractivity contribution in [1.82, 2.24) is 19.5 Å². The first-order valence-electron chi connectivity index (χ1n) is 29.3. The van der Waals surface area contributed by atoms with Gasteiger partial charge in [0.2, 0.25) is 0 Å². The van der Waals surface area contributed by atoms with Crippen LogP contribution in [0.15, 0.2) is 267 Å². The van der Waals surface area contributed by atoms with Crippen LogP contribution in [0.1, 0.15) is 63.0 Å². The lowest BCUT2D eigenvalue weighted by Crippen LogP contribution is -2.19. The van der Waals surface area contributed by atoms with E-state index in [0.29, 0.717) is 17.0 Å². The van der Waals surface area contributed by atoms with Gasteiger partial charge in [-0.15, -0.1) is 0 Å². The van der Waals surface area contributed by atoms with Crippen molar-refractivity contribution >= 4 is 11.0 Å². The van der Waals surface area contributed by atoms with Crippen LogP contribution in [0.2, 0.25) is 0 Å². The molecule has 0 amide bonds. The number of para-hydroxylation sites is 2. The highest BCUT2D eigenvalue weighted by atomic mass is 16.3. The van der Waals surface area contributed by atoms with Gasteiger partial charge in [0.15, 0.2) is 0 Å². The molecule has 5 nitrogen and oxygen atoms in total. The first-order chi connectivity index (χ1) is 41.3. The molecule has 3 heterocycles. The number of rotatable bonds is 13. The Balaban J connectivity index is 1.04. The minimum absolute atomic E-state index is 0.121. The first kappa shape index (κ1) is 51.9. The quantitative estimate of drug-likeness (QED) is 0.125. The Morgan fingerprint density at radius 3 is 1.54 bits per heavy atom. The van der Waals surface area contributed by atoms with Crippen molar-refractivity contribution < 1.29 is 6.48 Å². The van der Waals surface area contributed by atoms with E-state index in [2.05, 4.69) is 250 Å². The molecule has 13 aromatic rings. The maximum atomic E-state index is 13.1. The van der Waals surface area contributed by atoms with Crippen molar-refractivity contribution in [3.05, 3.63) is 295 Å². The second-order valence-corrected chi connectivity index (χ2v) is 22.6. The SMILES string of the molecule is [2H]C(C)(C)c1cc(-c2cc(-c3ccc(C(C)(C)c4cc(C)nc(C)c4)cc3)ccn2)cc(-c2cccc3c2nc(-c2cccc(-c4ccccc4-c4ccccc4)c2O)n3-c2c(-c3ccccc3)cc(-c3ccccc3)cc2-c2ccccc2)c1. The van der Waals surface area contributed by atoms with Crippen molar-refractivity contribution in [3.63, 3.8) is 0 Å². The van der Waals surface area contributed by atoms with Gasteiger partial charge < -0.3 is 5.11 Å². The number of phenols is 1. The van der Waals surface area contributed by atoms with Crippen LogP contribution in [0.3, 0.4) is 0 Å². The van der Waals surface area contributed by atoms with Gasteiger partial charge in [0.05, 0.1) is 28.0 Å². The number of pyridine rings is 2. The van der Waals surface area contributed by atoms with E-state index in [4.69, 9.17) is 9.97 Å². The van der Waals surface area contributed by atoms with E-state index < -0.39 is 5.89 Å². The van der Waals surface area contributed by atoms with Gasteiger partial charge >= 0.3 is 0 Å². The van der Waals surface area contributed by atoms with Gasteiger partial charge in [-0.25, -0.2) is 4.98 Å². The number of phenolic OH excluding ortho intramolecular Hbond substituents is 1. The lowest BCUT2D eigenvalue weighted by molar-refractivity contribution is 0.479. The third-order valence-electron chi connectivity index (χ3n) is 16.5. The molecule has 5 heteroatoms. The number of hydrogen-bond acceptors (Lipinski definition) is 4. The Kier molecular flexibility index (Phi) is 13.7. The molecule has 0 fully saturated rings.